The van der Waals surface area contributed by atoms with Crippen LogP contribution in [0.1, 0.15) is 30.5 Å². The van der Waals surface area contributed by atoms with Gasteiger partial charge in [-0.3, -0.25) is 4.79 Å². The van der Waals surface area contributed by atoms with Crippen LogP contribution in [0.2, 0.25) is 0 Å². The van der Waals surface area contributed by atoms with Gasteiger partial charge in [-0.05, 0) is 42.8 Å². The first kappa shape index (κ1) is 22.7. The molecule has 143 valence electrons. The minimum Gasteiger partial charge on any atom is -0.512 e. The summed E-state index contributed by atoms with van der Waals surface area (Å²) >= 11 is 0. The number of benzene rings is 2. The largest absolute Gasteiger partial charge is 0.512 e. The van der Waals surface area contributed by atoms with Crippen molar-refractivity contribution < 1.29 is 30.0 Å². The van der Waals surface area contributed by atoms with Crippen LogP contribution in [0.15, 0.2) is 54.4 Å². The minimum absolute atomic E-state index is 0. The summed E-state index contributed by atoms with van der Waals surface area (Å²) in [6.45, 7) is 9.18. The number of hydrogen-bond acceptors (Lipinski definition) is 3. The second-order valence-electron chi connectivity index (χ2n) is 6.44. The Bertz CT molecular complexity index is 973. The second-order valence-corrected chi connectivity index (χ2v) is 6.44. The molecule has 0 unspecified atom stereocenters. The van der Waals surface area contributed by atoms with E-state index >= 15 is 0 Å². The van der Waals surface area contributed by atoms with Gasteiger partial charge >= 0.3 is 0 Å². The van der Waals surface area contributed by atoms with Gasteiger partial charge in [0.05, 0.1) is 5.76 Å². The molecule has 0 aliphatic rings. The molecule has 1 radical (unpaired) electrons. The molecule has 0 aliphatic heterocycles. The van der Waals surface area contributed by atoms with E-state index in [9.17, 15) is 4.79 Å². The Morgan fingerprint density at radius 2 is 1.67 bits per heavy atom. The van der Waals surface area contributed by atoms with E-state index in [0.29, 0.717) is 0 Å². The number of rotatable bonds is 2. The smallest absolute Gasteiger partial charge is 0.155 e. The Labute approximate surface area is 174 Å². The molecule has 3 nitrogen and oxygen atoms in total. The van der Waals surface area contributed by atoms with Crippen LogP contribution in [-0.2, 0) is 24.9 Å². The SMILES string of the molecule is CC(=O)/C=C(/C)O.Cc1c[c-]c(-c2ncc(C)c3ccccc23)cc1C.[Ir]. The number of carbonyl (C=O) groups excluding carboxylic acids is 1. The summed E-state index contributed by atoms with van der Waals surface area (Å²) in [6, 6.07) is 16.0. The summed E-state index contributed by atoms with van der Waals surface area (Å²) in [4.78, 5) is 14.6. The standard InChI is InChI=1S/C18H16N.C5H8O2.Ir/c1-12-8-9-15(10-13(12)2)18-17-7-5-4-6-16(17)14(3)11-19-18;1-4(6)3-5(2)7;/h4-8,10-11H,1-3H3;3,6H,1-2H3;/q-1;;/b;4-3-;. The number of aryl methyl sites for hydroxylation is 3. The molecule has 0 bridgehead atoms. The molecule has 3 aromatic rings. The molecule has 4 heteroatoms. The second kappa shape index (κ2) is 10.1. The van der Waals surface area contributed by atoms with Crippen molar-refractivity contribution in [2.24, 2.45) is 0 Å². The maximum Gasteiger partial charge on any atom is 0.155 e. The predicted octanol–water partition coefficient (Wildman–Crippen LogP) is 5.66. The van der Waals surface area contributed by atoms with Gasteiger partial charge in [0.1, 0.15) is 0 Å². The average molecular weight is 539 g/mol. The number of hydrogen-bond donors (Lipinski definition) is 1. The number of aliphatic hydroxyl groups excluding tert-OH is 1. The van der Waals surface area contributed by atoms with Gasteiger partial charge in [-0.15, -0.1) is 34.9 Å². The van der Waals surface area contributed by atoms with E-state index in [4.69, 9.17) is 5.11 Å². The number of aromatic nitrogens is 1. The quantitative estimate of drug-likeness (QED) is 0.260. The number of nitrogens with zero attached hydrogens (tertiary/aromatic N) is 1. The van der Waals surface area contributed by atoms with Crippen LogP contribution >= 0.6 is 0 Å². The third-order valence-electron chi connectivity index (χ3n) is 4.09. The molecule has 1 aromatic heterocycles. The van der Waals surface area contributed by atoms with Crippen molar-refractivity contribution in [2.75, 3.05) is 0 Å². The van der Waals surface area contributed by atoms with Crippen LogP contribution in [0, 0.1) is 26.8 Å². The number of ketones is 1. The zero-order valence-electron chi connectivity index (χ0n) is 16.3. The van der Waals surface area contributed by atoms with Gasteiger partial charge in [-0.25, -0.2) is 0 Å². The fourth-order valence-electron chi connectivity index (χ4n) is 2.65. The van der Waals surface area contributed by atoms with Crippen LogP contribution in [-0.4, -0.2) is 15.9 Å². The average Bonchev–Trinajstić information content (AvgIpc) is 2.57. The molecule has 0 aliphatic carbocycles. The van der Waals surface area contributed by atoms with Crippen LogP contribution in [0.4, 0.5) is 0 Å². The minimum atomic E-state index is -0.125. The van der Waals surface area contributed by atoms with Crippen molar-refractivity contribution in [1.82, 2.24) is 4.98 Å². The van der Waals surface area contributed by atoms with Crippen molar-refractivity contribution in [3.05, 3.63) is 77.2 Å². The molecular formula is C23H24IrNO2-. The number of carbonyl (C=O) groups is 1. The first-order valence-corrected chi connectivity index (χ1v) is 8.51. The fourth-order valence-corrected chi connectivity index (χ4v) is 2.65. The number of aliphatic hydroxyl groups is 1. The zero-order chi connectivity index (χ0) is 19.3. The summed E-state index contributed by atoms with van der Waals surface area (Å²) < 4.78 is 0. The Hall–Kier alpha value is -2.29. The molecule has 0 fully saturated rings. The normalized spacial score (nSPS) is 10.6. The van der Waals surface area contributed by atoms with Crippen molar-refractivity contribution in [2.45, 2.75) is 34.6 Å². The fraction of sp³-hybridized carbons (Fsp3) is 0.217. The van der Waals surface area contributed by atoms with Crippen LogP contribution < -0.4 is 0 Å². The zero-order valence-corrected chi connectivity index (χ0v) is 18.6. The third kappa shape index (κ3) is 6.13. The summed E-state index contributed by atoms with van der Waals surface area (Å²) in [5, 5.41) is 10.8. The first-order chi connectivity index (χ1) is 12.3. The Morgan fingerprint density at radius 3 is 2.19 bits per heavy atom. The van der Waals surface area contributed by atoms with E-state index < -0.39 is 0 Å². The first-order valence-electron chi connectivity index (χ1n) is 8.51. The monoisotopic (exact) mass is 539 g/mol. The van der Waals surface area contributed by atoms with Crippen LogP contribution in [0.5, 0.6) is 0 Å². The molecule has 0 saturated carbocycles. The van der Waals surface area contributed by atoms with E-state index in [1.807, 2.05) is 12.3 Å². The molecule has 27 heavy (non-hydrogen) atoms. The van der Waals surface area contributed by atoms with E-state index in [1.54, 1.807) is 0 Å². The van der Waals surface area contributed by atoms with Gasteiger partial charge in [0.2, 0.25) is 0 Å². The van der Waals surface area contributed by atoms with Gasteiger partial charge in [0, 0.05) is 32.4 Å². The van der Waals surface area contributed by atoms with Gasteiger partial charge in [0.25, 0.3) is 0 Å². The Kier molecular flexibility index (Phi) is 8.55. The van der Waals surface area contributed by atoms with E-state index in [2.05, 4.69) is 62.2 Å². The Balaban J connectivity index is 0.000000395. The topological polar surface area (TPSA) is 50.2 Å². The van der Waals surface area contributed by atoms with Crippen LogP contribution in [0.25, 0.3) is 22.0 Å². The van der Waals surface area contributed by atoms with Gasteiger partial charge in [-0.1, -0.05) is 38.1 Å². The number of fused-ring (bicyclic) bond motifs is 1. The molecular weight excluding hydrogens is 514 g/mol. The molecule has 0 atom stereocenters. The molecule has 3 rings (SSSR count). The summed E-state index contributed by atoms with van der Waals surface area (Å²) in [7, 11) is 0. The molecule has 1 heterocycles. The van der Waals surface area contributed by atoms with Gasteiger partial charge < -0.3 is 10.1 Å². The predicted molar refractivity (Wildman–Crippen MR) is 107 cm³/mol. The summed E-state index contributed by atoms with van der Waals surface area (Å²) in [5.41, 5.74) is 5.84. The van der Waals surface area contributed by atoms with Crippen molar-refractivity contribution in [3.8, 4) is 11.3 Å². The van der Waals surface area contributed by atoms with E-state index in [1.165, 1.54) is 47.4 Å². The molecule has 0 spiro atoms. The van der Waals surface area contributed by atoms with E-state index in [-0.39, 0.29) is 31.6 Å². The maximum absolute atomic E-state index is 10.0. The van der Waals surface area contributed by atoms with Crippen molar-refractivity contribution in [1.29, 1.82) is 0 Å². The summed E-state index contributed by atoms with van der Waals surface area (Å²) in [5.74, 6) is -0.0625. The van der Waals surface area contributed by atoms with Gasteiger partial charge in [-0.2, -0.15) is 0 Å². The van der Waals surface area contributed by atoms with E-state index in [0.717, 1.165) is 11.3 Å². The number of pyridine rings is 1. The van der Waals surface area contributed by atoms with Crippen LogP contribution in [0.3, 0.4) is 0 Å². The third-order valence-corrected chi connectivity index (χ3v) is 4.09. The number of allylic oxidation sites excluding steroid dienone is 2. The molecule has 0 saturated heterocycles. The maximum atomic E-state index is 10.0. The van der Waals surface area contributed by atoms with Crippen molar-refractivity contribution >= 4 is 16.6 Å². The molecule has 2 aromatic carbocycles. The Morgan fingerprint density at radius 1 is 1.04 bits per heavy atom. The van der Waals surface area contributed by atoms with Gasteiger partial charge in [0.15, 0.2) is 5.78 Å². The molecule has 0 amide bonds. The summed E-state index contributed by atoms with van der Waals surface area (Å²) in [6.07, 6.45) is 3.11. The van der Waals surface area contributed by atoms with Crippen molar-refractivity contribution in [3.63, 3.8) is 0 Å². The molecule has 1 N–H and O–H groups in total.